The van der Waals surface area contributed by atoms with Crippen molar-refractivity contribution in [1.82, 2.24) is 18.9 Å². The number of fused-ring (bicyclic) bond motifs is 1. The molecule has 0 unspecified atom stereocenters. The molecule has 0 aliphatic rings. The number of benzene rings is 1. The van der Waals surface area contributed by atoms with E-state index in [-0.39, 0.29) is 4.90 Å². The Morgan fingerprint density at radius 1 is 1.05 bits per heavy atom. The van der Waals surface area contributed by atoms with E-state index in [2.05, 4.69) is 10.2 Å². The third kappa shape index (κ3) is 2.32. The van der Waals surface area contributed by atoms with Crippen molar-refractivity contribution in [1.29, 1.82) is 0 Å². The lowest BCUT2D eigenvalue weighted by molar-refractivity contribution is 0.521. The van der Waals surface area contributed by atoms with Crippen molar-refractivity contribution >= 4 is 21.4 Å². The Kier molecular flexibility index (Phi) is 3.34. The van der Waals surface area contributed by atoms with Gasteiger partial charge in [0.1, 0.15) is 0 Å². The number of pyridine rings is 1. The van der Waals surface area contributed by atoms with Gasteiger partial charge in [0.25, 0.3) is 0 Å². The van der Waals surface area contributed by atoms with Crippen molar-refractivity contribution in [3.05, 3.63) is 42.6 Å². The van der Waals surface area contributed by atoms with E-state index in [1.807, 2.05) is 0 Å². The Balaban J connectivity index is 2.07. The Bertz CT molecular complexity index is 930. The Morgan fingerprint density at radius 2 is 1.73 bits per heavy atom. The molecule has 0 aliphatic heterocycles. The van der Waals surface area contributed by atoms with Crippen LogP contribution in [0.4, 0.5) is 5.69 Å². The topological polar surface area (TPSA) is 93.6 Å². The van der Waals surface area contributed by atoms with Crippen LogP contribution in [0.1, 0.15) is 0 Å². The van der Waals surface area contributed by atoms with E-state index in [0.29, 0.717) is 17.2 Å². The number of nitrogen functional groups attached to an aromatic ring is 1. The van der Waals surface area contributed by atoms with Crippen LogP contribution in [-0.4, -0.2) is 41.4 Å². The first-order chi connectivity index (χ1) is 10.4. The van der Waals surface area contributed by atoms with Crippen LogP contribution in [0.15, 0.2) is 47.5 Å². The highest BCUT2D eigenvalue weighted by atomic mass is 32.2. The summed E-state index contributed by atoms with van der Waals surface area (Å²) in [5.74, 6) is 0.608. The highest BCUT2D eigenvalue weighted by molar-refractivity contribution is 7.89. The van der Waals surface area contributed by atoms with Crippen molar-refractivity contribution < 1.29 is 8.42 Å². The van der Waals surface area contributed by atoms with Gasteiger partial charge in [-0.25, -0.2) is 12.7 Å². The zero-order valence-corrected chi connectivity index (χ0v) is 12.9. The zero-order chi connectivity index (χ0) is 15.9. The third-order valence-electron chi connectivity index (χ3n) is 3.32. The number of hydrogen-bond donors (Lipinski definition) is 1. The lowest BCUT2D eigenvalue weighted by atomic mass is 10.2. The molecule has 0 spiro atoms. The molecule has 7 nitrogen and oxygen atoms in total. The van der Waals surface area contributed by atoms with Crippen molar-refractivity contribution in [2.45, 2.75) is 4.90 Å². The van der Waals surface area contributed by atoms with Crippen molar-refractivity contribution in [2.75, 3.05) is 19.8 Å². The van der Waals surface area contributed by atoms with Crippen LogP contribution < -0.4 is 5.73 Å². The monoisotopic (exact) mass is 317 g/mol. The second kappa shape index (κ2) is 5.08. The normalized spacial score (nSPS) is 12.1. The van der Waals surface area contributed by atoms with E-state index in [1.54, 1.807) is 47.0 Å². The van der Waals surface area contributed by atoms with Crippen molar-refractivity contribution in [3.8, 4) is 11.4 Å². The summed E-state index contributed by atoms with van der Waals surface area (Å²) in [5, 5.41) is 8.20. The molecule has 22 heavy (non-hydrogen) atoms. The number of aromatic nitrogens is 3. The molecule has 0 amide bonds. The molecular formula is C14H15N5O2S. The molecule has 2 heterocycles. The molecule has 0 saturated carbocycles. The van der Waals surface area contributed by atoms with Crippen LogP contribution in [0, 0.1) is 0 Å². The second-order valence-electron chi connectivity index (χ2n) is 5.03. The SMILES string of the molecule is CN(C)S(=O)(=O)c1ccc(-c2nnc3ccc(N)cn23)cc1. The predicted octanol–water partition coefficient (Wildman–Crippen LogP) is 1.23. The first kappa shape index (κ1) is 14.5. The zero-order valence-electron chi connectivity index (χ0n) is 12.1. The van der Waals surface area contributed by atoms with E-state index in [9.17, 15) is 8.42 Å². The molecule has 0 radical (unpaired) electrons. The highest BCUT2D eigenvalue weighted by Gasteiger charge is 2.17. The molecule has 2 aromatic heterocycles. The van der Waals surface area contributed by atoms with E-state index >= 15 is 0 Å². The summed E-state index contributed by atoms with van der Waals surface area (Å²) in [6, 6.07) is 10.0. The quantitative estimate of drug-likeness (QED) is 0.784. The Morgan fingerprint density at radius 3 is 2.36 bits per heavy atom. The molecule has 3 aromatic rings. The minimum absolute atomic E-state index is 0.231. The van der Waals surface area contributed by atoms with Crippen molar-refractivity contribution in [2.24, 2.45) is 0 Å². The van der Waals surface area contributed by atoms with Gasteiger partial charge in [0.05, 0.1) is 4.90 Å². The first-order valence-corrected chi connectivity index (χ1v) is 7.97. The predicted molar refractivity (Wildman–Crippen MR) is 83.7 cm³/mol. The number of nitrogens with two attached hydrogens (primary N) is 1. The van der Waals surface area contributed by atoms with Gasteiger partial charge in [0, 0.05) is 31.5 Å². The van der Waals surface area contributed by atoms with Gasteiger partial charge in [0.2, 0.25) is 10.0 Å². The molecule has 0 fully saturated rings. The Labute approximate surface area is 128 Å². The maximum Gasteiger partial charge on any atom is 0.242 e. The number of hydrogen-bond acceptors (Lipinski definition) is 5. The molecule has 114 valence electrons. The lowest BCUT2D eigenvalue weighted by Gasteiger charge is -2.11. The lowest BCUT2D eigenvalue weighted by Crippen LogP contribution is -2.22. The molecular weight excluding hydrogens is 302 g/mol. The summed E-state index contributed by atoms with van der Waals surface area (Å²) in [6.45, 7) is 0. The van der Waals surface area contributed by atoms with Crippen LogP contribution >= 0.6 is 0 Å². The fourth-order valence-electron chi connectivity index (χ4n) is 2.09. The van der Waals surface area contributed by atoms with Crippen LogP contribution in [-0.2, 0) is 10.0 Å². The molecule has 3 rings (SSSR count). The van der Waals surface area contributed by atoms with Gasteiger partial charge in [-0.15, -0.1) is 10.2 Å². The Hall–Kier alpha value is -2.45. The fourth-order valence-corrected chi connectivity index (χ4v) is 2.99. The van der Waals surface area contributed by atoms with Crippen LogP contribution in [0.25, 0.3) is 17.0 Å². The second-order valence-corrected chi connectivity index (χ2v) is 7.18. The first-order valence-electron chi connectivity index (χ1n) is 6.53. The summed E-state index contributed by atoms with van der Waals surface area (Å²) in [7, 11) is -0.445. The summed E-state index contributed by atoms with van der Waals surface area (Å²) >= 11 is 0. The van der Waals surface area contributed by atoms with Gasteiger partial charge in [0.15, 0.2) is 11.5 Å². The summed E-state index contributed by atoms with van der Waals surface area (Å²) in [5.41, 5.74) is 7.82. The van der Waals surface area contributed by atoms with E-state index in [1.165, 1.54) is 18.4 Å². The van der Waals surface area contributed by atoms with Crippen LogP contribution in [0.5, 0.6) is 0 Å². The van der Waals surface area contributed by atoms with Crippen LogP contribution in [0.3, 0.4) is 0 Å². The molecule has 2 N–H and O–H groups in total. The van der Waals surface area contributed by atoms with Crippen LogP contribution in [0.2, 0.25) is 0 Å². The molecule has 8 heteroatoms. The molecule has 1 aromatic carbocycles. The van der Waals surface area contributed by atoms with Gasteiger partial charge < -0.3 is 5.73 Å². The molecule has 0 atom stereocenters. The van der Waals surface area contributed by atoms with Gasteiger partial charge in [-0.05, 0) is 36.4 Å². The maximum atomic E-state index is 12.1. The third-order valence-corrected chi connectivity index (χ3v) is 5.15. The van der Waals surface area contributed by atoms with Gasteiger partial charge in [-0.3, -0.25) is 4.40 Å². The smallest absolute Gasteiger partial charge is 0.242 e. The number of nitrogens with zero attached hydrogens (tertiary/aromatic N) is 4. The van der Waals surface area contributed by atoms with Gasteiger partial charge >= 0.3 is 0 Å². The molecule has 0 saturated heterocycles. The average molecular weight is 317 g/mol. The fraction of sp³-hybridized carbons (Fsp3) is 0.143. The minimum Gasteiger partial charge on any atom is -0.398 e. The molecule has 0 bridgehead atoms. The molecule has 0 aliphatic carbocycles. The number of sulfonamides is 1. The van der Waals surface area contributed by atoms with Crippen molar-refractivity contribution in [3.63, 3.8) is 0 Å². The van der Waals surface area contributed by atoms with Gasteiger partial charge in [-0.1, -0.05) is 0 Å². The average Bonchev–Trinajstić information content (AvgIpc) is 2.90. The summed E-state index contributed by atoms with van der Waals surface area (Å²) in [4.78, 5) is 0.231. The van der Waals surface area contributed by atoms with Gasteiger partial charge in [-0.2, -0.15) is 0 Å². The standard InChI is InChI=1S/C14H15N5O2S/c1-18(2)22(20,21)12-6-3-10(4-7-12)14-17-16-13-8-5-11(15)9-19(13)14/h3-9H,15H2,1-2H3. The number of anilines is 1. The van der Waals surface area contributed by atoms with E-state index < -0.39 is 10.0 Å². The maximum absolute atomic E-state index is 12.1. The summed E-state index contributed by atoms with van der Waals surface area (Å²) < 4.78 is 27.1. The van der Waals surface area contributed by atoms with E-state index in [4.69, 9.17) is 5.73 Å². The van der Waals surface area contributed by atoms with E-state index in [0.717, 1.165) is 5.56 Å². The highest BCUT2D eigenvalue weighted by Crippen LogP contribution is 2.22. The summed E-state index contributed by atoms with van der Waals surface area (Å²) in [6.07, 6.45) is 1.73. The minimum atomic E-state index is -3.44. The largest absolute Gasteiger partial charge is 0.398 e. The number of rotatable bonds is 3.